The van der Waals surface area contributed by atoms with Crippen molar-refractivity contribution in [1.29, 1.82) is 0 Å². The molecule has 1 aromatic heterocycles. The molecular formula is C24H21NO2S. The Labute approximate surface area is 168 Å². The van der Waals surface area contributed by atoms with E-state index >= 15 is 0 Å². The third-order valence-electron chi connectivity index (χ3n) is 5.69. The second kappa shape index (κ2) is 6.64. The van der Waals surface area contributed by atoms with Crippen molar-refractivity contribution >= 4 is 43.2 Å². The summed E-state index contributed by atoms with van der Waals surface area (Å²) in [6.07, 6.45) is 0.699. The summed E-state index contributed by atoms with van der Waals surface area (Å²) < 4.78 is 8.23. The van der Waals surface area contributed by atoms with Gasteiger partial charge < -0.3 is 9.64 Å². The van der Waals surface area contributed by atoms with Crippen molar-refractivity contribution in [3.8, 4) is 0 Å². The van der Waals surface area contributed by atoms with E-state index < -0.39 is 0 Å². The van der Waals surface area contributed by atoms with Gasteiger partial charge in [-0.2, -0.15) is 0 Å². The lowest BCUT2D eigenvalue weighted by molar-refractivity contribution is -0.146. The van der Waals surface area contributed by atoms with Gasteiger partial charge in [-0.15, -0.1) is 11.3 Å². The second-order valence-corrected chi connectivity index (χ2v) is 8.49. The monoisotopic (exact) mass is 387 g/mol. The topological polar surface area (TPSA) is 29.5 Å². The highest BCUT2D eigenvalue weighted by atomic mass is 32.1. The molecule has 28 heavy (non-hydrogen) atoms. The normalized spacial score (nSPS) is 15.9. The molecule has 2 heterocycles. The van der Waals surface area contributed by atoms with Crippen LogP contribution < -0.4 is 4.90 Å². The lowest BCUT2D eigenvalue weighted by Crippen LogP contribution is -2.37. The van der Waals surface area contributed by atoms with Gasteiger partial charge in [-0.25, -0.2) is 4.79 Å². The average molecular weight is 388 g/mol. The first-order valence-corrected chi connectivity index (χ1v) is 10.3. The minimum absolute atomic E-state index is 0.157. The van der Waals surface area contributed by atoms with Crippen molar-refractivity contribution in [2.24, 2.45) is 0 Å². The number of rotatable bonds is 3. The van der Waals surface area contributed by atoms with E-state index in [0.717, 1.165) is 5.56 Å². The molecule has 0 spiro atoms. The maximum absolute atomic E-state index is 12.8. The Bertz CT molecular complexity index is 1200. The first-order chi connectivity index (χ1) is 13.6. The molecule has 0 bridgehead atoms. The van der Waals surface area contributed by atoms with Crippen LogP contribution in [0.5, 0.6) is 0 Å². The van der Waals surface area contributed by atoms with Crippen molar-refractivity contribution in [2.45, 2.75) is 26.0 Å². The molecule has 0 radical (unpaired) electrons. The van der Waals surface area contributed by atoms with Crippen LogP contribution in [-0.4, -0.2) is 19.1 Å². The molecule has 3 nitrogen and oxygen atoms in total. The molecule has 1 aliphatic rings. The van der Waals surface area contributed by atoms with Crippen LogP contribution in [0.2, 0.25) is 0 Å². The summed E-state index contributed by atoms with van der Waals surface area (Å²) in [5.74, 6) is -0.157. The molecule has 0 N–H and O–H groups in total. The molecule has 1 unspecified atom stereocenters. The van der Waals surface area contributed by atoms with Crippen LogP contribution in [-0.2, 0) is 22.6 Å². The highest BCUT2D eigenvalue weighted by molar-refractivity contribution is 7.25. The number of fused-ring (bicyclic) bond motifs is 4. The third kappa shape index (κ3) is 2.68. The number of thiophene rings is 1. The van der Waals surface area contributed by atoms with Crippen molar-refractivity contribution in [2.75, 3.05) is 11.9 Å². The molecule has 0 aliphatic carbocycles. The Morgan fingerprint density at radius 2 is 1.86 bits per heavy atom. The van der Waals surface area contributed by atoms with Crippen molar-refractivity contribution in [3.05, 3.63) is 77.4 Å². The summed E-state index contributed by atoms with van der Waals surface area (Å²) >= 11 is 1.83. The highest BCUT2D eigenvalue weighted by Crippen LogP contribution is 2.44. The van der Waals surface area contributed by atoms with Crippen molar-refractivity contribution < 1.29 is 9.53 Å². The lowest BCUT2D eigenvalue weighted by atomic mass is 10.0. The van der Waals surface area contributed by atoms with Gasteiger partial charge in [0.1, 0.15) is 12.6 Å². The van der Waals surface area contributed by atoms with Gasteiger partial charge in [-0.3, -0.25) is 0 Å². The zero-order valence-corrected chi connectivity index (χ0v) is 16.8. The Balaban J connectivity index is 1.46. The van der Waals surface area contributed by atoms with Gasteiger partial charge >= 0.3 is 5.97 Å². The minimum Gasteiger partial charge on any atom is -0.459 e. The van der Waals surface area contributed by atoms with Crippen LogP contribution in [0.25, 0.3) is 20.2 Å². The number of aryl methyl sites for hydroxylation is 1. The number of benzene rings is 3. The first-order valence-electron chi connectivity index (χ1n) is 9.50. The molecule has 5 rings (SSSR count). The summed E-state index contributed by atoms with van der Waals surface area (Å²) in [7, 11) is 2.01. The predicted molar refractivity (Wildman–Crippen MR) is 116 cm³/mol. The van der Waals surface area contributed by atoms with Gasteiger partial charge in [0, 0.05) is 39.3 Å². The number of hydrogen-bond donors (Lipinski definition) is 0. The minimum atomic E-state index is -0.264. The maximum Gasteiger partial charge on any atom is 0.329 e. The van der Waals surface area contributed by atoms with Gasteiger partial charge in [0.15, 0.2) is 0 Å². The van der Waals surface area contributed by atoms with Crippen LogP contribution in [0.3, 0.4) is 0 Å². The number of carbonyl (C=O) groups excluding carboxylic acids is 1. The van der Waals surface area contributed by atoms with E-state index in [0.29, 0.717) is 13.0 Å². The van der Waals surface area contributed by atoms with Crippen molar-refractivity contribution in [1.82, 2.24) is 0 Å². The molecular weight excluding hydrogens is 366 g/mol. The number of carbonyl (C=O) groups is 1. The fourth-order valence-corrected chi connectivity index (χ4v) is 5.58. The van der Waals surface area contributed by atoms with Crippen molar-refractivity contribution in [3.63, 3.8) is 0 Å². The van der Waals surface area contributed by atoms with E-state index in [9.17, 15) is 4.79 Å². The summed E-state index contributed by atoms with van der Waals surface area (Å²) in [5.41, 5.74) is 4.68. The van der Waals surface area contributed by atoms with E-state index in [1.54, 1.807) is 0 Å². The van der Waals surface area contributed by atoms with E-state index in [1.807, 2.05) is 48.7 Å². The summed E-state index contributed by atoms with van der Waals surface area (Å²) in [5, 5.41) is 2.61. The quantitative estimate of drug-likeness (QED) is 0.437. The number of esters is 1. The van der Waals surface area contributed by atoms with E-state index in [-0.39, 0.29) is 12.0 Å². The van der Waals surface area contributed by atoms with Gasteiger partial charge in [0.25, 0.3) is 0 Å². The van der Waals surface area contributed by atoms with Gasteiger partial charge in [-0.05, 0) is 35.7 Å². The smallest absolute Gasteiger partial charge is 0.329 e. The number of anilines is 1. The SMILES string of the molecule is Cc1c2c(cc3sc4ccccc4c13)CC(C(=O)OCc1ccccc1)N2C. The molecule has 0 saturated heterocycles. The van der Waals surface area contributed by atoms with Gasteiger partial charge in [-0.1, -0.05) is 48.5 Å². The number of nitrogens with zero attached hydrogens (tertiary/aromatic N) is 1. The van der Waals surface area contributed by atoms with E-state index in [4.69, 9.17) is 4.74 Å². The number of hydrogen-bond acceptors (Lipinski definition) is 4. The molecule has 0 saturated carbocycles. The Morgan fingerprint density at radius 1 is 1.11 bits per heavy atom. The van der Waals surface area contributed by atoms with E-state index in [1.165, 1.54) is 37.0 Å². The molecule has 4 heteroatoms. The first kappa shape index (κ1) is 17.3. The van der Waals surface area contributed by atoms with E-state index in [2.05, 4.69) is 42.2 Å². The van der Waals surface area contributed by atoms with Crippen LogP contribution in [0.1, 0.15) is 16.7 Å². The average Bonchev–Trinajstić information content (AvgIpc) is 3.25. The van der Waals surface area contributed by atoms with Gasteiger partial charge in [0.05, 0.1) is 0 Å². The summed E-state index contributed by atoms with van der Waals surface area (Å²) in [6, 6.07) is 20.4. The standard InChI is InChI=1S/C24H21NO2S/c1-15-22-18-10-6-7-11-20(18)28-21(22)13-17-12-19(25(2)23(15)17)24(26)27-14-16-8-4-3-5-9-16/h3-11,13,19H,12,14H2,1-2H3. The molecule has 0 amide bonds. The Hall–Kier alpha value is -2.85. The summed E-state index contributed by atoms with van der Waals surface area (Å²) in [4.78, 5) is 14.9. The summed E-state index contributed by atoms with van der Waals surface area (Å²) in [6.45, 7) is 2.49. The largest absolute Gasteiger partial charge is 0.459 e. The fourth-order valence-electron chi connectivity index (χ4n) is 4.35. The number of likely N-dealkylation sites (N-methyl/N-ethyl adjacent to an activating group) is 1. The number of ether oxygens (including phenoxy) is 1. The third-order valence-corrected chi connectivity index (χ3v) is 6.81. The molecule has 0 fully saturated rings. The lowest BCUT2D eigenvalue weighted by Gasteiger charge is -2.22. The second-order valence-electron chi connectivity index (χ2n) is 7.40. The molecule has 140 valence electrons. The molecule has 3 aromatic carbocycles. The molecule has 1 atom stereocenters. The van der Waals surface area contributed by atoms with Crippen LogP contribution in [0.15, 0.2) is 60.7 Å². The van der Waals surface area contributed by atoms with Crippen LogP contribution in [0, 0.1) is 6.92 Å². The predicted octanol–water partition coefficient (Wildman–Crippen LogP) is 5.47. The zero-order chi connectivity index (χ0) is 19.3. The highest BCUT2D eigenvalue weighted by Gasteiger charge is 2.35. The Kier molecular flexibility index (Phi) is 4.09. The van der Waals surface area contributed by atoms with Gasteiger partial charge in [0.2, 0.25) is 0 Å². The molecule has 1 aliphatic heterocycles. The molecule has 4 aromatic rings. The van der Waals surface area contributed by atoms with Crippen LogP contribution in [0.4, 0.5) is 5.69 Å². The Morgan fingerprint density at radius 3 is 2.68 bits per heavy atom. The fraction of sp³-hybridized carbons (Fsp3) is 0.208. The maximum atomic E-state index is 12.8. The zero-order valence-electron chi connectivity index (χ0n) is 15.9. The van der Waals surface area contributed by atoms with Crippen LogP contribution >= 0.6 is 11.3 Å².